The Morgan fingerprint density at radius 2 is 1.67 bits per heavy atom. The number of oxime groups is 1. The standard InChI is InChI=1S/C20H16N2O2/c1-2-5-15(6-3-1)16-8-10-17(11-9-16)19-13-20(22-24-19)23-18-7-4-12-21-14-18/h1-12,14,19H,13H2/t19-/m0/s1. The van der Waals surface area contributed by atoms with Crippen molar-refractivity contribution >= 4 is 5.90 Å². The number of ether oxygens (including phenoxy) is 1. The van der Waals surface area contributed by atoms with Crippen molar-refractivity contribution in [1.29, 1.82) is 0 Å². The average Bonchev–Trinajstić information content (AvgIpc) is 3.12. The summed E-state index contributed by atoms with van der Waals surface area (Å²) in [5, 5.41) is 4.04. The van der Waals surface area contributed by atoms with Crippen LogP contribution in [-0.2, 0) is 4.84 Å². The van der Waals surface area contributed by atoms with Crippen LogP contribution < -0.4 is 4.74 Å². The molecule has 1 aliphatic heterocycles. The van der Waals surface area contributed by atoms with Crippen LogP contribution in [0, 0.1) is 0 Å². The summed E-state index contributed by atoms with van der Waals surface area (Å²) in [7, 11) is 0. The van der Waals surface area contributed by atoms with Gasteiger partial charge in [-0.3, -0.25) is 4.98 Å². The van der Waals surface area contributed by atoms with Gasteiger partial charge in [0.1, 0.15) is 5.75 Å². The third-order valence-corrected chi connectivity index (χ3v) is 3.90. The van der Waals surface area contributed by atoms with Gasteiger partial charge in [-0.1, -0.05) is 59.8 Å². The van der Waals surface area contributed by atoms with E-state index in [1.807, 2.05) is 30.3 Å². The smallest absolute Gasteiger partial charge is 0.235 e. The highest BCUT2D eigenvalue weighted by Crippen LogP contribution is 2.30. The van der Waals surface area contributed by atoms with Crippen LogP contribution in [0.3, 0.4) is 0 Å². The summed E-state index contributed by atoms with van der Waals surface area (Å²) in [6.07, 6.45) is 3.86. The third kappa shape index (κ3) is 3.13. The molecular formula is C20H16N2O2. The van der Waals surface area contributed by atoms with Crippen molar-refractivity contribution in [3.05, 3.63) is 84.7 Å². The first-order valence-electron chi connectivity index (χ1n) is 7.84. The van der Waals surface area contributed by atoms with Crippen molar-refractivity contribution in [2.45, 2.75) is 12.5 Å². The average molecular weight is 316 g/mol. The summed E-state index contributed by atoms with van der Waals surface area (Å²) in [6, 6.07) is 22.3. The Kier molecular flexibility index (Phi) is 3.94. The third-order valence-electron chi connectivity index (χ3n) is 3.90. The molecule has 1 atom stereocenters. The van der Waals surface area contributed by atoms with Gasteiger partial charge < -0.3 is 9.57 Å². The Balaban J connectivity index is 1.43. The second kappa shape index (κ2) is 6.54. The molecule has 0 radical (unpaired) electrons. The first-order chi connectivity index (χ1) is 11.9. The molecule has 118 valence electrons. The molecule has 0 amide bonds. The van der Waals surface area contributed by atoms with Crippen LogP contribution in [0.4, 0.5) is 0 Å². The van der Waals surface area contributed by atoms with Gasteiger partial charge in [0, 0.05) is 6.20 Å². The fourth-order valence-electron chi connectivity index (χ4n) is 2.66. The van der Waals surface area contributed by atoms with E-state index in [2.05, 4.69) is 46.5 Å². The normalized spacial score (nSPS) is 16.3. The van der Waals surface area contributed by atoms with Crippen molar-refractivity contribution in [2.75, 3.05) is 0 Å². The van der Waals surface area contributed by atoms with Crippen molar-refractivity contribution in [3.8, 4) is 16.9 Å². The zero-order chi connectivity index (χ0) is 16.2. The highest BCUT2D eigenvalue weighted by atomic mass is 16.7. The number of pyridine rings is 1. The summed E-state index contributed by atoms with van der Waals surface area (Å²) < 4.78 is 5.68. The van der Waals surface area contributed by atoms with Gasteiger partial charge in [-0.25, -0.2) is 0 Å². The van der Waals surface area contributed by atoms with E-state index in [-0.39, 0.29) is 6.10 Å². The first-order valence-corrected chi connectivity index (χ1v) is 7.84. The van der Waals surface area contributed by atoms with Gasteiger partial charge in [0.25, 0.3) is 0 Å². The summed E-state index contributed by atoms with van der Waals surface area (Å²) in [6.45, 7) is 0. The van der Waals surface area contributed by atoms with Gasteiger partial charge in [0.15, 0.2) is 6.10 Å². The van der Waals surface area contributed by atoms with E-state index >= 15 is 0 Å². The maximum absolute atomic E-state index is 5.68. The van der Waals surface area contributed by atoms with Crippen LogP contribution in [0.25, 0.3) is 11.1 Å². The quantitative estimate of drug-likeness (QED) is 0.709. The maximum Gasteiger partial charge on any atom is 0.235 e. The lowest BCUT2D eigenvalue weighted by molar-refractivity contribution is 0.0855. The monoisotopic (exact) mass is 316 g/mol. The molecule has 2 aromatic carbocycles. The molecule has 4 nitrogen and oxygen atoms in total. The molecule has 1 aromatic heterocycles. The predicted octanol–water partition coefficient (Wildman–Crippen LogP) is 4.60. The van der Waals surface area contributed by atoms with Gasteiger partial charge in [0.2, 0.25) is 5.90 Å². The van der Waals surface area contributed by atoms with Gasteiger partial charge in [-0.2, -0.15) is 0 Å². The molecule has 0 spiro atoms. The second-order valence-corrected chi connectivity index (χ2v) is 5.56. The van der Waals surface area contributed by atoms with E-state index in [4.69, 9.17) is 9.57 Å². The number of aromatic nitrogens is 1. The molecule has 0 saturated carbocycles. The summed E-state index contributed by atoms with van der Waals surface area (Å²) in [5.41, 5.74) is 3.47. The van der Waals surface area contributed by atoms with Crippen molar-refractivity contribution in [3.63, 3.8) is 0 Å². The van der Waals surface area contributed by atoms with Crippen LogP contribution in [0.5, 0.6) is 5.75 Å². The van der Waals surface area contributed by atoms with Crippen molar-refractivity contribution < 1.29 is 9.57 Å². The molecule has 0 fully saturated rings. The second-order valence-electron chi connectivity index (χ2n) is 5.56. The van der Waals surface area contributed by atoms with E-state index in [9.17, 15) is 0 Å². The predicted molar refractivity (Wildman–Crippen MR) is 92.6 cm³/mol. The van der Waals surface area contributed by atoms with Crippen LogP contribution in [-0.4, -0.2) is 10.9 Å². The molecule has 2 heterocycles. The minimum Gasteiger partial charge on any atom is -0.438 e. The number of hydrogen-bond acceptors (Lipinski definition) is 4. The Morgan fingerprint density at radius 1 is 0.875 bits per heavy atom. The van der Waals surface area contributed by atoms with E-state index < -0.39 is 0 Å². The first kappa shape index (κ1) is 14.5. The molecule has 0 aliphatic carbocycles. The molecule has 1 aliphatic rings. The van der Waals surface area contributed by atoms with Crippen molar-refractivity contribution in [1.82, 2.24) is 4.98 Å². The van der Waals surface area contributed by atoms with Crippen LogP contribution in [0.2, 0.25) is 0 Å². The minimum atomic E-state index is -0.110. The molecule has 3 aromatic rings. The fraction of sp³-hybridized carbons (Fsp3) is 0.100. The van der Waals surface area contributed by atoms with E-state index in [1.165, 1.54) is 11.1 Å². The molecule has 4 heteroatoms. The van der Waals surface area contributed by atoms with Gasteiger partial charge in [-0.05, 0) is 28.8 Å². The molecule has 24 heavy (non-hydrogen) atoms. The Morgan fingerprint density at radius 3 is 2.42 bits per heavy atom. The lowest BCUT2D eigenvalue weighted by Crippen LogP contribution is -2.07. The highest BCUT2D eigenvalue weighted by molar-refractivity contribution is 5.79. The number of hydrogen-bond donors (Lipinski definition) is 0. The largest absolute Gasteiger partial charge is 0.438 e. The lowest BCUT2D eigenvalue weighted by atomic mass is 10.0. The number of rotatable bonds is 3. The van der Waals surface area contributed by atoms with E-state index in [1.54, 1.807) is 12.4 Å². The van der Waals surface area contributed by atoms with Crippen LogP contribution in [0.15, 0.2) is 84.3 Å². The Labute approximate surface area is 140 Å². The zero-order valence-corrected chi connectivity index (χ0v) is 13.0. The van der Waals surface area contributed by atoms with Crippen LogP contribution in [0.1, 0.15) is 18.1 Å². The highest BCUT2D eigenvalue weighted by Gasteiger charge is 2.24. The topological polar surface area (TPSA) is 43.7 Å². The molecule has 0 N–H and O–H groups in total. The zero-order valence-electron chi connectivity index (χ0n) is 13.0. The van der Waals surface area contributed by atoms with E-state index in [0.717, 1.165) is 5.56 Å². The minimum absolute atomic E-state index is 0.110. The number of benzene rings is 2. The van der Waals surface area contributed by atoms with Gasteiger partial charge in [0.05, 0.1) is 12.6 Å². The molecule has 0 saturated heterocycles. The molecular weight excluding hydrogens is 300 g/mol. The van der Waals surface area contributed by atoms with Gasteiger partial charge >= 0.3 is 0 Å². The summed E-state index contributed by atoms with van der Waals surface area (Å²) in [5.74, 6) is 1.24. The fourth-order valence-corrected chi connectivity index (χ4v) is 2.66. The molecule has 0 bridgehead atoms. The molecule has 4 rings (SSSR count). The van der Waals surface area contributed by atoms with Crippen LogP contribution >= 0.6 is 0 Å². The Hall–Kier alpha value is -3.14. The Bertz CT molecular complexity index is 831. The lowest BCUT2D eigenvalue weighted by Gasteiger charge is -2.09. The van der Waals surface area contributed by atoms with E-state index in [0.29, 0.717) is 18.1 Å². The SMILES string of the molecule is c1ccc(-c2ccc([C@@H]3CC(Oc4cccnc4)=NO3)cc2)cc1. The van der Waals surface area contributed by atoms with Crippen molar-refractivity contribution in [2.24, 2.45) is 5.16 Å². The summed E-state index contributed by atoms with van der Waals surface area (Å²) >= 11 is 0. The maximum atomic E-state index is 5.68. The van der Waals surface area contributed by atoms with Gasteiger partial charge in [-0.15, -0.1) is 0 Å². The molecule has 0 unspecified atom stereocenters. The summed E-state index contributed by atoms with van der Waals surface area (Å²) in [4.78, 5) is 9.53. The number of nitrogens with zero attached hydrogens (tertiary/aromatic N) is 2.